The van der Waals surface area contributed by atoms with Crippen molar-refractivity contribution in [2.75, 3.05) is 13.7 Å². The molecule has 36 nitrogen and oxygen atoms in total. The minimum Gasteiger partial charge on any atom is -0.508 e. The Balaban J connectivity index is 1.18. The van der Waals surface area contributed by atoms with Gasteiger partial charge in [-0.2, -0.15) is 0 Å². The van der Waals surface area contributed by atoms with Gasteiger partial charge in [0.15, 0.2) is 36.2 Å². The van der Waals surface area contributed by atoms with E-state index in [0.29, 0.717) is 0 Å². The summed E-state index contributed by atoms with van der Waals surface area (Å²) in [6.45, 7) is 8.66. The molecule has 5 aromatic rings. The number of benzene rings is 5. The second-order valence-electron chi connectivity index (χ2n) is 29.1. The average Bonchev–Trinajstić information content (AvgIpc) is 0.765. The number of aromatic hydroxyl groups is 3. The third kappa shape index (κ3) is 17.3. The highest BCUT2D eigenvalue weighted by molar-refractivity contribution is 6.32. The summed E-state index contributed by atoms with van der Waals surface area (Å²) < 4.78 is 51.7. The number of nitrogens with two attached hydrogens (primary N) is 3. The summed E-state index contributed by atoms with van der Waals surface area (Å²) in [6, 6.07) is 1.51. The van der Waals surface area contributed by atoms with Gasteiger partial charge in [0.1, 0.15) is 89.5 Å². The lowest BCUT2D eigenvalue weighted by Crippen LogP contribution is -2.64. The number of fused-ring (bicyclic) bond motifs is 15. The summed E-state index contributed by atoms with van der Waals surface area (Å²) in [5.74, 6) is -15.5. The summed E-state index contributed by atoms with van der Waals surface area (Å²) in [4.78, 5) is 120. The van der Waals surface area contributed by atoms with Crippen molar-refractivity contribution in [3.63, 3.8) is 0 Å². The van der Waals surface area contributed by atoms with Crippen LogP contribution in [0.3, 0.4) is 0 Å². The lowest BCUT2D eigenvalue weighted by Gasteiger charge is -2.47. The predicted molar refractivity (Wildman–Crippen MR) is 381 cm³/mol. The second kappa shape index (κ2) is 32.8. The number of aliphatic carboxylic acids is 1. The molecule has 1 unspecified atom stereocenters. The number of halogens is 1. The van der Waals surface area contributed by atoms with Crippen molar-refractivity contribution in [2.24, 2.45) is 23.1 Å². The van der Waals surface area contributed by atoms with Crippen molar-refractivity contribution in [1.82, 2.24) is 37.2 Å². The van der Waals surface area contributed by atoms with Gasteiger partial charge in [0.05, 0.1) is 48.5 Å². The van der Waals surface area contributed by atoms with Crippen molar-refractivity contribution in [3.8, 4) is 57.1 Å². The minimum absolute atomic E-state index is 0.0420. The van der Waals surface area contributed by atoms with Gasteiger partial charge in [0.2, 0.25) is 53.4 Å². The van der Waals surface area contributed by atoms with Crippen molar-refractivity contribution in [3.05, 3.63) is 118 Å². The Labute approximate surface area is 633 Å². The van der Waals surface area contributed by atoms with Crippen molar-refractivity contribution < 1.29 is 127 Å². The van der Waals surface area contributed by atoms with E-state index >= 15 is 19.2 Å². The van der Waals surface area contributed by atoms with Crippen LogP contribution < -0.4 is 68.6 Å². The molecule has 23 N–H and O–H groups in total. The van der Waals surface area contributed by atoms with Gasteiger partial charge in [-0.3, -0.25) is 33.6 Å². The van der Waals surface area contributed by atoms with E-state index in [1.807, 2.05) is 13.8 Å². The van der Waals surface area contributed by atoms with E-state index in [1.54, 1.807) is 0 Å². The Bertz CT molecular complexity index is 4350. The molecule has 3 saturated heterocycles. The SMILES string of the molecule is CN[C@H](CC(C)C)C(=O)N[C@H]1C(=O)N[C@@H](CC(N)=O)C(=O)N[C@H]2C(=O)N[C@H]3C(=O)N[C@H](C(=O)NC(C(=O)O)c4cc(O)cc(O)c4-c4cc3ccc4O)[C@H](O[C@H]3C[C@](C)(N)[C@@H](O)[C@H](C)O3)c3ccc(cc3)Oc3cc2cc(c3O[C@@H]2O[C@H](CO)[C@@H](O)[C@H](O)[C@H]2O[C@H]2C[C@](C)(N)[C@@H](O)[C@H](C)O2)Oc2ccc(cc2Cl)[C@H]1O. The highest BCUT2D eigenvalue weighted by Crippen LogP contribution is 2.50. The van der Waals surface area contributed by atoms with Gasteiger partial charge in [-0.15, -0.1) is 0 Å². The van der Waals surface area contributed by atoms with Crippen LogP contribution in [0.2, 0.25) is 5.02 Å². The molecule has 11 bridgehead atoms. The fourth-order valence-electron chi connectivity index (χ4n) is 14.2. The van der Waals surface area contributed by atoms with Gasteiger partial charge in [-0.1, -0.05) is 49.7 Å². The summed E-state index contributed by atoms with van der Waals surface area (Å²) in [7, 11) is 1.48. The normalized spacial score (nSPS) is 32.2. The number of carboxylic acid groups (broad SMARTS) is 1. The quantitative estimate of drug-likeness (QED) is 0.0639. The zero-order valence-corrected chi connectivity index (χ0v) is 61.1. The number of carbonyl (C=O) groups excluding carboxylic acids is 7. The largest absolute Gasteiger partial charge is 0.508 e. The number of likely N-dealkylation sites (N-methyl/N-ethyl adjacent to an activating group) is 1. The molecule has 0 spiro atoms. The number of hydrogen-bond acceptors (Lipinski definition) is 28. The van der Waals surface area contributed by atoms with Crippen LogP contribution in [0, 0.1) is 5.92 Å². The first kappa shape index (κ1) is 81.4. The second-order valence-corrected chi connectivity index (χ2v) is 29.5. The molecule has 0 saturated carbocycles. The number of amides is 7. The molecule has 7 amide bonds. The first-order valence-corrected chi connectivity index (χ1v) is 35.6. The molecule has 110 heavy (non-hydrogen) atoms. The Morgan fingerprint density at radius 3 is 1.87 bits per heavy atom. The fraction of sp³-hybridized carbons (Fsp3) is 0.479. The van der Waals surface area contributed by atoms with Crippen LogP contribution in [0.5, 0.6) is 46.0 Å². The molecule has 8 heterocycles. The van der Waals surface area contributed by atoms with Gasteiger partial charge in [-0.05, 0) is 124 Å². The van der Waals surface area contributed by atoms with E-state index in [4.69, 9.17) is 66.7 Å². The van der Waals surface area contributed by atoms with Gasteiger partial charge in [0.25, 0.3) is 0 Å². The molecular weight excluding hydrogens is 1470 g/mol. The van der Waals surface area contributed by atoms with Crippen molar-refractivity contribution >= 4 is 58.9 Å². The molecule has 594 valence electrons. The molecule has 37 heteroatoms. The Kier molecular flexibility index (Phi) is 24.2. The van der Waals surface area contributed by atoms with E-state index in [2.05, 4.69) is 37.2 Å². The Morgan fingerprint density at radius 2 is 1.27 bits per heavy atom. The highest BCUT2D eigenvalue weighted by atomic mass is 35.5. The van der Waals surface area contributed by atoms with Crippen molar-refractivity contribution in [1.29, 1.82) is 0 Å². The first-order chi connectivity index (χ1) is 51.8. The van der Waals surface area contributed by atoms with E-state index in [9.17, 15) is 70.2 Å². The number of nitrogens with one attached hydrogen (secondary N) is 7. The maximum absolute atomic E-state index is 16.3. The van der Waals surface area contributed by atoms with Gasteiger partial charge < -0.3 is 143 Å². The Hall–Kier alpha value is -9.61. The number of carboxylic acids is 1. The van der Waals surface area contributed by atoms with E-state index < -0.39 is 250 Å². The highest BCUT2D eigenvalue weighted by Gasteiger charge is 2.52. The number of rotatable bonds is 15. The zero-order chi connectivity index (χ0) is 80.0. The maximum atomic E-state index is 16.3. The molecule has 5 aromatic carbocycles. The van der Waals surface area contributed by atoms with E-state index in [-0.39, 0.29) is 58.4 Å². The monoisotopic (exact) mass is 1560 g/mol. The first-order valence-electron chi connectivity index (χ1n) is 35.2. The van der Waals surface area contributed by atoms with Crippen LogP contribution in [0.25, 0.3) is 11.1 Å². The summed E-state index contributed by atoms with van der Waals surface area (Å²) >= 11 is 7.13. The number of ether oxygens (including phenoxy) is 8. The van der Waals surface area contributed by atoms with Crippen molar-refractivity contribution in [2.45, 2.75) is 201 Å². The molecule has 8 aliphatic heterocycles. The molecule has 13 rings (SSSR count). The molecular formula is C73H89ClN10O26. The number of aliphatic hydroxyl groups excluding tert-OH is 6. The van der Waals surface area contributed by atoms with E-state index in [1.165, 1.54) is 71.1 Å². The molecule has 0 aliphatic carbocycles. The van der Waals surface area contributed by atoms with Gasteiger partial charge in [0, 0.05) is 46.7 Å². The number of phenols is 3. The molecule has 0 radical (unpaired) electrons. The average molecular weight is 1560 g/mol. The van der Waals surface area contributed by atoms with Crippen LogP contribution in [0.1, 0.15) is 125 Å². The van der Waals surface area contributed by atoms with Crippen LogP contribution in [-0.4, -0.2) is 215 Å². The van der Waals surface area contributed by atoms with Crippen LogP contribution in [-0.2, 0) is 62.0 Å². The number of carbonyl (C=O) groups is 8. The lowest BCUT2D eigenvalue weighted by atomic mass is 9.86. The minimum atomic E-state index is -2.34. The Morgan fingerprint density at radius 1 is 0.673 bits per heavy atom. The third-order valence-corrected chi connectivity index (χ3v) is 20.4. The van der Waals surface area contributed by atoms with Crippen LogP contribution >= 0.6 is 11.6 Å². The topological polar surface area (TPSA) is 575 Å². The van der Waals surface area contributed by atoms with Crippen LogP contribution in [0.4, 0.5) is 0 Å². The lowest BCUT2D eigenvalue weighted by molar-refractivity contribution is -0.333. The molecule has 3 fully saturated rings. The molecule has 0 aromatic heterocycles. The number of primary amides is 1. The van der Waals surface area contributed by atoms with Gasteiger partial charge in [-0.25, -0.2) is 4.79 Å². The smallest absolute Gasteiger partial charge is 0.330 e. The fourth-order valence-corrected chi connectivity index (χ4v) is 14.4. The van der Waals surface area contributed by atoms with Crippen LogP contribution in [0.15, 0.2) is 84.9 Å². The number of hydrogen-bond donors (Lipinski definition) is 20. The molecule has 8 aliphatic rings. The third-order valence-electron chi connectivity index (χ3n) is 20.1. The summed E-state index contributed by atoms with van der Waals surface area (Å²) in [5.41, 5.74) is 13.6. The number of phenolic OH excluding ortho intramolecular Hbond substituents is 3. The van der Waals surface area contributed by atoms with Gasteiger partial charge >= 0.3 is 5.97 Å². The summed E-state index contributed by atoms with van der Waals surface area (Å²) in [5, 5.41) is 132. The summed E-state index contributed by atoms with van der Waals surface area (Å²) in [6.07, 6.45) is -22.4. The predicted octanol–water partition coefficient (Wildman–Crippen LogP) is -0.310. The zero-order valence-electron chi connectivity index (χ0n) is 60.4. The standard InChI is InChI=1S/C73H89ClN10O26/c1-27(2)16-39(78-7)64(95)83-54-56(90)32-11-15-43(38(74)18-32)106-45-20-33-19-44(60(45)110-71-61(58(92)57(91)46(26-85)107-71)109-49-25-73(6,77)63(94)29(4)104-49)105-35-12-8-30(9-13-35)59(108-48-24-72(5,76)62(93)28(3)103-48)55-69(100)82-53(70(101)102)37-21-34(86)22-42(88)50(37)36-17-31(10-14-41(36)87)51(66(97)84-55)81-67(98)52(33)80-65(96)40(23-47(75)89)79-68(54)99/h8-15,17-22,27-29,39-40,46,48-49,51-59,61-63,71,78,85-88,90-94H,16,23-26,76-77H2,1-7H3,(H2,75,89)(H,79,99)(H,80,96)(H,81,98)(H,82,100)(H,83,95)(H,84,97)(H,101,102)/t28-,29-,39+,40-,46+,48-,49-,51+,52+,53?,54+,55-,56+,57+,58-,59+,61+,62-,63-,71-,72-,73-/m0/s1. The molecule has 22 atom stereocenters. The maximum Gasteiger partial charge on any atom is 0.330 e. The van der Waals surface area contributed by atoms with E-state index in [0.717, 1.165) is 48.5 Å². The number of aliphatic hydroxyl groups is 6.